The van der Waals surface area contributed by atoms with Gasteiger partial charge in [0.25, 0.3) is 0 Å². The molecule has 3 rings (SSSR count). The first-order valence-corrected chi connectivity index (χ1v) is 8.25. The Morgan fingerprint density at radius 1 is 1.42 bits per heavy atom. The third-order valence-corrected chi connectivity index (χ3v) is 4.45. The maximum atomic E-state index is 13.6. The number of piperidine rings is 1. The summed E-state index contributed by atoms with van der Waals surface area (Å²) in [6.07, 6.45) is 4.12. The summed E-state index contributed by atoms with van der Waals surface area (Å²) in [5.74, 6) is 0.898. The van der Waals surface area contributed by atoms with Gasteiger partial charge in [-0.25, -0.2) is 9.18 Å². The Morgan fingerprint density at radius 2 is 2.25 bits per heavy atom. The topological polar surface area (TPSA) is 63.1 Å². The van der Waals surface area contributed by atoms with E-state index < -0.39 is 0 Å². The number of nitrogens with one attached hydrogen (secondary N) is 1. The highest BCUT2D eigenvalue weighted by molar-refractivity contribution is 5.74. The molecule has 1 atom stereocenters. The van der Waals surface area contributed by atoms with Gasteiger partial charge in [0.05, 0.1) is 0 Å². The molecule has 0 radical (unpaired) electrons. The minimum atomic E-state index is -0.230. The van der Waals surface area contributed by atoms with Gasteiger partial charge in [0, 0.05) is 32.6 Å². The highest BCUT2D eigenvalue weighted by atomic mass is 19.1. The molecule has 0 bridgehead atoms. The lowest BCUT2D eigenvalue weighted by Crippen LogP contribution is -2.45. The predicted octanol–water partition coefficient (Wildman–Crippen LogP) is 2.09. The maximum Gasteiger partial charge on any atom is 0.317 e. The van der Waals surface area contributed by atoms with Crippen molar-refractivity contribution in [1.82, 2.24) is 25.0 Å². The molecule has 128 valence electrons. The van der Waals surface area contributed by atoms with E-state index >= 15 is 0 Å². The van der Waals surface area contributed by atoms with Crippen LogP contribution < -0.4 is 5.32 Å². The van der Waals surface area contributed by atoms with Crippen molar-refractivity contribution < 1.29 is 9.18 Å². The van der Waals surface area contributed by atoms with E-state index in [1.54, 1.807) is 24.5 Å². The van der Waals surface area contributed by atoms with Crippen LogP contribution in [0.15, 0.2) is 30.6 Å². The normalized spacial score (nSPS) is 17.8. The van der Waals surface area contributed by atoms with Crippen molar-refractivity contribution in [3.8, 4) is 0 Å². The third kappa shape index (κ3) is 3.72. The van der Waals surface area contributed by atoms with E-state index in [0.29, 0.717) is 25.1 Å². The lowest BCUT2D eigenvalue weighted by atomic mass is 9.97. The van der Waals surface area contributed by atoms with Gasteiger partial charge >= 0.3 is 6.03 Å². The quantitative estimate of drug-likeness (QED) is 0.933. The molecule has 1 aliphatic heterocycles. The zero-order valence-electron chi connectivity index (χ0n) is 13.8. The Bertz CT molecular complexity index is 702. The molecule has 1 aromatic carbocycles. The summed E-state index contributed by atoms with van der Waals surface area (Å²) >= 11 is 0. The van der Waals surface area contributed by atoms with E-state index in [-0.39, 0.29) is 17.8 Å². The molecule has 24 heavy (non-hydrogen) atoms. The van der Waals surface area contributed by atoms with Crippen LogP contribution in [0.1, 0.15) is 30.1 Å². The number of hydrogen-bond acceptors (Lipinski definition) is 3. The Labute approximate surface area is 140 Å². The summed E-state index contributed by atoms with van der Waals surface area (Å²) < 4.78 is 15.5. The summed E-state index contributed by atoms with van der Waals surface area (Å²) in [5, 5.41) is 11.0. The summed E-state index contributed by atoms with van der Waals surface area (Å²) in [7, 11) is 1.92. The first-order valence-electron chi connectivity index (χ1n) is 8.25. The molecule has 1 N–H and O–H groups in total. The van der Waals surface area contributed by atoms with Crippen molar-refractivity contribution in [2.75, 3.05) is 19.6 Å². The van der Waals surface area contributed by atoms with E-state index in [9.17, 15) is 9.18 Å². The number of carbonyl (C=O) groups is 1. The highest BCUT2D eigenvalue weighted by Crippen LogP contribution is 2.24. The first kappa shape index (κ1) is 16.4. The number of nitrogens with zero attached hydrogens (tertiary/aromatic N) is 4. The van der Waals surface area contributed by atoms with Crippen molar-refractivity contribution in [2.24, 2.45) is 7.05 Å². The number of benzene rings is 1. The second kappa shape index (κ2) is 7.42. The Morgan fingerprint density at radius 3 is 3.00 bits per heavy atom. The van der Waals surface area contributed by atoms with Crippen LogP contribution in [0.2, 0.25) is 0 Å². The minimum absolute atomic E-state index is 0.0989. The molecule has 0 spiro atoms. The van der Waals surface area contributed by atoms with Gasteiger partial charge in [-0.3, -0.25) is 0 Å². The van der Waals surface area contributed by atoms with Gasteiger partial charge in [-0.2, -0.15) is 0 Å². The van der Waals surface area contributed by atoms with E-state index in [1.165, 1.54) is 6.07 Å². The van der Waals surface area contributed by atoms with Crippen LogP contribution in [0.5, 0.6) is 0 Å². The van der Waals surface area contributed by atoms with Gasteiger partial charge in [-0.1, -0.05) is 18.2 Å². The molecular weight excluding hydrogens is 309 g/mol. The number of amides is 2. The van der Waals surface area contributed by atoms with Crippen LogP contribution in [0.25, 0.3) is 0 Å². The maximum absolute atomic E-state index is 13.6. The fraction of sp³-hybridized carbons (Fsp3) is 0.471. The average molecular weight is 331 g/mol. The number of aromatic nitrogens is 3. The number of halogens is 1. The van der Waals surface area contributed by atoms with Crippen molar-refractivity contribution in [2.45, 2.75) is 25.2 Å². The molecule has 7 heteroatoms. The molecule has 2 heterocycles. The van der Waals surface area contributed by atoms with E-state index in [4.69, 9.17) is 0 Å². The van der Waals surface area contributed by atoms with Gasteiger partial charge in [-0.15, -0.1) is 10.2 Å². The van der Waals surface area contributed by atoms with Crippen LogP contribution in [-0.2, 0) is 13.5 Å². The zero-order chi connectivity index (χ0) is 16.9. The summed E-state index contributed by atoms with van der Waals surface area (Å²) in [6, 6.07) is 6.55. The number of aryl methyl sites for hydroxylation is 1. The van der Waals surface area contributed by atoms with Gasteiger partial charge in [0.2, 0.25) is 0 Å². The van der Waals surface area contributed by atoms with Crippen LogP contribution in [0.3, 0.4) is 0 Å². The molecule has 2 amide bonds. The fourth-order valence-electron chi connectivity index (χ4n) is 3.15. The summed E-state index contributed by atoms with van der Waals surface area (Å²) in [6.45, 7) is 1.79. The standard InChI is InChI=1S/C17H22FN5O/c1-22-12-20-21-16(22)14-6-4-10-23(11-14)17(24)19-9-8-13-5-2-3-7-15(13)18/h2-3,5,7,12,14H,4,6,8-11H2,1H3,(H,19,24)/t14-/m0/s1. The van der Waals surface area contributed by atoms with Crippen molar-refractivity contribution >= 4 is 6.03 Å². The second-order valence-electron chi connectivity index (χ2n) is 6.16. The molecule has 1 saturated heterocycles. The Hall–Kier alpha value is -2.44. The van der Waals surface area contributed by atoms with Crippen molar-refractivity contribution in [1.29, 1.82) is 0 Å². The van der Waals surface area contributed by atoms with Crippen LogP contribution in [-0.4, -0.2) is 45.3 Å². The predicted molar refractivity (Wildman–Crippen MR) is 88.1 cm³/mol. The number of hydrogen-bond donors (Lipinski definition) is 1. The third-order valence-electron chi connectivity index (χ3n) is 4.45. The Kier molecular flexibility index (Phi) is 5.08. The number of carbonyl (C=O) groups excluding carboxylic acids is 1. The molecule has 0 unspecified atom stereocenters. The van der Waals surface area contributed by atoms with E-state index in [0.717, 1.165) is 25.2 Å². The smallest absolute Gasteiger partial charge is 0.317 e. The molecule has 0 aliphatic carbocycles. The van der Waals surface area contributed by atoms with Crippen molar-refractivity contribution in [3.63, 3.8) is 0 Å². The van der Waals surface area contributed by atoms with Crippen molar-refractivity contribution in [3.05, 3.63) is 47.8 Å². The largest absolute Gasteiger partial charge is 0.338 e. The molecule has 0 saturated carbocycles. The molecule has 1 aliphatic rings. The number of urea groups is 1. The molecule has 6 nitrogen and oxygen atoms in total. The Balaban J connectivity index is 1.51. The first-order chi connectivity index (χ1) is 11.6. The van der Waals surface area contributed by atoms with Crippen LogP contribution >= 0.6 is 0 Å². The van der Waals surface area contributed by atoms with Crippen LogP contribution in [0, 0.1) is 5.82 Å². The fourth-order valence-corrected chi connectivity index (χ4v) is 3.15. The average Bonchev–Trinajstić information content (AvgIpc) is 3.03. The molecule has 2 aromatic rings. The summed E-state index contributed by atoms with van der Waals surface area (Å²) in [4.78, 5) is 14.2. The van der Waals surface area contributed by atoms with Gasteiger partial charge < -0.3 is 14.8 Å². The SMILES string of the molecule is Cn1cnnc1[C@H]1CCCN(C(=O)NCCc2ccccc2F)C1. The van der Waals surface area contributed by atoms with E-state index in [2.05, 4.69) is 15.5 Å². The summed E-state index contributed by atoms with van der Waals surface area (Å²) in [5.41, 5.74) is 0.619. The lowest BCUT2D eigenvalue weighted by molar-refractivity contribution is 0.178. The second-order valence-corrected chi connectivity index (χ2v) is 6.16. The molecular formula is C17H22FN5O. The van der Waals surface area contributed by atoms with E-state index in [1.807, 2.05) is 16.5 Å². The van der Waals surface area contributed by atoms with Crippen LogP contribution in [0.4, 0.5) is 9.18 Å². The minimum Gasteiger partial charge on any atom is -0.338 e. The molecule has 1 aromatic heterocycles. The number of likely N-dealkylation sites (tertiary alicyclic amines) is 1. The zero-order valence-corrected chi connectivity index (χ0v) is 13.8. The monoisotopic (exact) mass is 331 g/mol. The number of rotatable bonds is 4. The highest BCUT2D eigenvalue weighted by Gasteiger charge is 2.27. The van der Waals surface area contributed by atoms with Gasteiger partial charge in [-0.05, 0) is 30.9 Å². The lowest BCUT2D eigenvalue weighted by Gasteiger charge is -2.32. The van der Waals surface area contributed by atoms with Gasteiger partial charge in [0.1, 0.15) is 18.0 Å². The van der Waals surface area contributed by atoms with Gasteiger partial charge in [0.15, 0.2) is 0 Å². The molecule has 1 fully saturated rings.